The van der Waals surface area contributed by atoms with Gasteiger partial charge in [0.15, 0.2) is 0 Å². The van der Waals surface area contributed by atoms with E-state index in [4.69, 9.17) is 0 Å². The minimum absolute atomic E-state index is 0.284. The maximum absolute atomic E-state index is 11.0. The molecule has 11 heavy (non-hydrogen) atoms. The molecule has 2 aromatic heterocycles. The molecule has 0 aliphatic carbocycles. The molecule has 0 atom stereocenters. The van der Waals surface area contributed by atoms with E-state index in [1.54, 1.807) is 0 Å². The van der Waals surface area contributed by atoms with E-state index >= 15 is 0 Å². The summed E-state index contributed by atoms with van der Waals surface area (Å²) in [6.45, 7) is 1.92. The van der Waals surface area contributed by atoms with Gasteiger partial charge in [0.1, 0.15) is 5.52 Å². The van der Waals surface area contributed by atoms with Crippen LogP contribution in [0.15, 0.2) is 6.07 Å². The number of rotatable bonds is 0. The molecule has 5 heteroatoms. The van der Waals surface area contributed by atoms with Gasteiger partial charge in [-0.15, -0.1) is 21.5 Å². The molecule has 0 amide bonds. The van der Waals surface area contributed by atoms with Crippen LogP contribution in [0.3, 0.4) is 0 Å². The summed E-state index contributed by atoms with van der Waals surface area (Å²) in [7, 11) is 0. The third-order valence-electron chi connectivity index (χ3n) is 1.32. The Morgan fingerprint density at radius 1 is 1.45 bits per heavy atom. The Bertz CT molecular complexity index is 398. The maximum Gasteiger partial charge on any atom is 0.107 e. The standard InChI is InChI=1S/C6H5N3OS/c1-3-2-4-5(11-3)6(10)8-9-7-4/h2H,1H3,(H,7,8,10)/p-1. The quantitative estimate of drug-likeness (QED) is 0.570. The van der Waals surface area contributed by atoms with Gasteiger partial charge >= 0.3 is 0 Å². The molecule has 2 heterocycles. The lowest BCUT2D eigenvalue weighted by Gasteiger charge is -1.99. The third kappa shape index (κ3) is 0.932. The van der Waals surface area contributed by atoms with Crippen molar-refractivity contribution in [2.75, 3.05) is 0 Å². The average molecular weight is 166 g/mol. The van der Waals surface area contributed by atoms with Gasteiger partial charge in [-0.3, -0.25) is 0 Å². The number of nitrogens with zero attached hydrogens (tertiary/aromatic N) is 3. The van der Waals surface area contributed by atoms with E-state index in [0.717, 1.165) is 4.88 Å². The molecule has 0 radical (unpaired) electrons. The highest BCUT2D eigenvalue weighted by atomic mass is 32.1. The van der Waals surface area contributed by atoms with Crippen molar-refractivity contribution in [3.05, 3.63) is 10.9 Å². The summed E-state index contributed by atoms with van der Waals surface area (Å²) in [6, 6.07) is 1.83. The van der Waals surface area contributed by atoms with Crippen LogP contribution in [0.5, 0.6) is 5.88 Å². The molecular weight excluding hydrogens is 162 g/mol. The van der Waals surface area contributed by atoms with Gasteiger partial charge in [-0.25, -0.2) is 0 Å². The zero-order valence-corrected chi connectivity index (χ0v) is 6.55. The van der Waals surface area contributed by atoms with Crippen molar-refractivity contribution < 1.29 is 5.11 Å². The lowest BCUT2D eigenvalue weighted by atomic mass is 10.4. The van der Waals surface area contributed by atoms with Crippen molar-refractivity contribution in [3.63, 3.8) is 0 Å². The van der Waals surface area contributed by atoms with Crippen molar-refractivity contribution in [2.24, 2.45) is 0 Å². The predicted octanol–water partition coefficient (Wildman–Crippen LogP) is 0.468. The molecule has 0 spiro atoms. The minimum atomic E-state index is -0.284. The van der Waals surface area contributed by atoms with Crippen molar-refractivity contribution in [3.8, 4) is 5.88 Å². The number of fused-ring (bicyclic) bond motifs is 1. The highest BCUT2D eigenvalue weighted by molar-refractivity contribution is 7.19. The van der Waals surface area contributed by atoms with Crippen molar-refractivity contribution in [1.29, 1.82) is 0 Å². The van der Waals surface area contributed by atoms with Crippen molar-refractivity contribution >= 4 is 21.6 Å². The van der Waals surface area contributed by atoms with Crippen LogP contribution in [0.2, 0.25) is 0 Å². The number of hydrogen-bond acceptors (Lipinski definition) is 5. The van der Waals surface area contributed by atoms with E-state index in [-0.39, 0.29) is 5.88 Å². The Morgan fingerprint density at radius 2 is 2.27 bits per heavy atom. The third-order valence-corrected chi connectivity index (χ3v) is 2.35. The molecule has 0 unspecified atom stereocenters. The molecule has 0 bridgehead atoms. The number of hydrogen-bond donors (Lipinski definition) is 0. The molecule has 56 valence electrons. The van der Waals surface area contributed by atoms with Crippen LogP contribution < -0.4 is 5.11 Å². The van der Waals surface area contributed by atoms with Gasteiger partial charge in [-0.2, -0.15) is 0 Å². The molecule has 0 aromatic carbocycles. The van der Waals surface area contributed by atoms with E-state index in [1.165, 1.54) is 11.3 Å². The first kappa shape index (κ1) is 6.48. The smallest absolute Gasteiger partial charge is 0.107 e. The van der Waals surface area contributed by atoms with Crippen LogP contribution in [0.25, 0.3) is 10.2 Å². The Labute approximate surface area is 66.5 Å². The lowest BCUT2D eigenvalue weighted by molar-refractivity contribution is -0.273. The lowest BCUT2D eigenvalue weighted by Crippen LogP contribution is -1.96. The van der Waals surface area contributed by atoms with Gasteiger partial charge in [0.05, 0.1) is 4.70 Å². The summed E-state index contributed by atoms with van der Waals surface area (Å²) in [5, 5.41) is 21.3. The maximum atomic E-state index is 11.0. The summed E-state index contributed by atoms with van der Waals surface area (Å²) < 4.78 is 0.595. The summed E-state index contributed by atoms with van der Waals surface area (Å²) >= 11 is 1.40. The average Bonchev–Trinajstić information content (AvgIpc) is 2.31. The van der Waals surface area contributed by atoms with E-state index in [9.17, 15) is 5.11 Å². The van der Waals surface area contributed by atoms with Crippen LogP contribution >= 0.6 is 11.3 Å². The van der Waals surface area contributed by atoms with E-state index in [0.29, 0.717) is 10.2 Å². The normalized spacial score (nSPS) is 10.6. The first-order valence-electron chi connectivity index (χ1n) is 3.04. The van der Waals surface area contributed by atoms with Crippen LogP contribution in [-0.2, 0) is 0 Å². The molecule has 0 N–H and O–H groups in total. The Balaban J connectivity index is 2.90. The van der Waals surface area contributed by atoms with Crippen molar-refractivity contribution in [2.45, 2.75) is 6.92 Å². The molecule has 0 fully saturated rings. The molecule has 0 saturated carbocycles. The van der Waals surface area contributed by atoms with Gasteiger partial charge in [-0.1, -0.05) is 0 Å². The SMILES string of the molecule is Cc1cc2nnnc([O-])c2s1. The first-order valence-corrected chi connectivity index (χ1v) is 3.85. The number of thiophene rings is 1. The molecule has 2 aromatic rings. The van der Waals surface area contributed by atoms with Crippen LogP contribution in [0.1, 0.15) is 4.88 Å². The second-order valence-corrected chi connectivity index (χ2v) is 3.42. The molecular formula is C6H4N3OS-. The fourth-order valence-corrected chi connectivity index (χ4v) is 1.71. The first-order chi connectivity index (χ1) is 5.27. The zero-order valence-electron chi connectivity index (χ0n) is 5.74. The Morgan fingerprint density at radius 3 is 3.00 bits per heavy atom. The molecule has 0 aliphatic heterocycles. The second kappa shape index (κ2) is 2.13. The second-order valence-electron chi connectivity index (χ2n) is 2.17. The largest absolute Gasteiger partial charge is 0.856 e. The van der Waals surface area contributed by atoms with Crippen molar-refractivity contribution in [1.82, 2.24) is 15.4 Å². The molecule has 0 aliphatic rings. The Kier molecular flexibility index (Phi) is 1.25. The fourth-order valence-electron chi connectivity index (χ4n) is 0.885. The topological polar surface area (TPSA) is 61.7 Å². The summed E-state index contributed by atoms with van der Waals surface area (Å²) in [6.07, 6.45) is 0. The van der Waals surface area contributed by atoms with Gasteiger partial charge in [0, 0.05) is 10.8 Å². The fraction of sp³-hybridized carbons (Fsp3) is 0.167. The van der Waals surface area contributed by atoms with Gasteiger partial charge in [-0.05, 0) is 18.2 Å². The van der Waals surface area contributed by atoms with E-state index in [2.05, 4.69) is 15.4 Å². The van der Waals surface area contributed by atoms with E-state index in [1.807, 2.05) is 13.0 Å². The molecule has 2 rings (SSSR count). The summed E-state index contributed by atoms with van der Waals surface area (Å²) in [5.74, 6) is -0.284. The Hall–Kier alpha value is -1.23. The molecule has 4 nitrogen and oxygen atoms in total. The zero-order chi connectivity index (χ0) is 7.84. The number of aryl methyl sites for hydroxylation is 1. The highest BCUT2D eigenvalue weighted by Gasteiger charge is 1.99. The number of aromatic nitrogens is 3. The van der Waals surface area contributed by atoms with Crippen LogP contribution in [0, 0.1) is 6.92 Å². The van der Waals surface area contributed by atoms with Gasteiger partial charge in [0.2, 0.25) is 0 Å². The van der Waals surface area contributed by atoms with Gasteiger partial charge in [0.25, 0.3) is 0 Å². The summed E-state index contributed by atoms with van der Waals surface area (Å²) in [4.78, 5) is 1.06. The van der Waals surface area contributed by atoms with Gasteiger partial charge < -0.3 is 5.11 Å². The monoisotopic (exact) mass is 166 g/mol. The molecule has 0 saturated heterocycles. The summed E-state index contributed by atoms with van der Waals surface area (Å²) in [5.41, 5.74) is 0.646. The van der Waals surface area contributed by atoms with Crippen LogP contribution in [-0.4, -0.2) is 15.4 Å². The minimum Gasteiger partial charge on any atom is -0.856 e. The highest BCUT2D eigenvalue weighted by Crippen LogP contribution is 2.26. The van der Waals surface area contributed by atoms with Crippen LogP contribution in [0.4, 0.5) is 0 Å². The van der Waals surface area contributed by atoms with E-state index < -0.39 is 0 Å². The predicted molar refractivity (Wildman–Crippen MR) is 39.4 cm³/mol.